The molecule has 134 valence electrons. The van der Waals surface area contributed by atoms with Crippen molar-refractivity contribution in [1.82, 2.24) is 24.6 Å². The lowest BCUT2D eigenvalue weighted by Crippen LogP contribution is -2.47. The van der Waals surface area contributed by atoms with Gasteiger partial charge in [0.1, 0.15) is 11.6 Å². The molecular formula is C17H24N6OS. The molecule has 0 aliphatic carbocycles. The second-order valence-electron chi connectivity index (χ2n) is 6.82. The van der Waals surface area contributed by atoms with E-state index in [4.69, 9.17) is 0 Å². The minimum Gasteiger partial charge on any atom is -0.355 e. The van der Waals surface area contributed by atoms with Crippen LogP contribution in [0.1, 0.15) is 18.7 Å². The Morgan fingerprint density at radius 2 is 2.04 bits per heavy atom. The largest absolute Gasteiger partial charge is 0.355 e. The first-order chi connectivity index (χ1) is 12.1. The number of hydrogen-bond donors (Lipinski definition) is 0. The fraction of sp³-hybridized carbons (Fsp3) is 0.647. The first-order valence-corrected chi connectivity index (χ1v) is 10.1. The van der Waals surface area contributed by atoms with Crippen LogP contribution >= 0.6 is 11.8 Å². The van der Waals surface area contributed by atoms with E-state index < -0.39 is 0 Å². The number of anilines is 1. The number of fused-ring (bicyclic) bond motifs is 1. The van der Waals surface area contributed by atoms with E-state index in [2.05, 4.69) is 24.9 Å². The SMILES string of the molecule is Cc1nc(N2CCCC(C(=O)N3CCSCC3)C2)c2cnn(C)c2n1. The normalized spacial score (nSPS) is 21.8. The van der Waals surface area contributed by atoms with E-state index in [9.17, 15) is 4.79 Å². The Hall–Kier alpha value is -1.83. The van der Waals surface area contributed by atoms with Crippen molar-refractivity contribution in [2.45, 2.75) is 19.8 Å². The van der Waals surface area contributed by atoms with Crippen molar-refractivity contribution in [2.24, 2.45) is 13.0 Å². The highest BCUT2D eigenvalue weighted by Crippen LogP contribution is 2.29. The number of amides is 1. The lowest BCUT2D eigenvalue weighted by molar-refractivity contribution is -0.135. The van der Waals surface area contributed by atoms with Gasteiger partial charge in [-0.1, -0.05) is 0 Å². The van der Waals surface area contributed by atoms with Gasteiger partial charge in [0.25, 0.3) is 0 Å². The zero-order valence-electron chi connectivity index (χ0n) is 14.8. The standard InChI is InChI=1S/C17H24N6OS/c1-12-19-15-14(10-18-21(15)2)16(20-12)23-5-3-4-13(11-23)17(24)22-6-8-25-9-7-22/h10,13H,3-9,11H2,1-2H3. The number of aryl methyl sites for hydroxylation is 2. The number of aromatic nitrogens is 4. The molecule has 2 aliphatic rings. The van der Waals surface area contributed by atoms with Crippen LogP contribution in [0.25, 0.3) is 11.0 Å². The number of carbonyl (C=O) groups excluding carboxylic acids is 1. The molecule has 8 heteroatoms. The summed E-state index contributed by atoms with van der Waals surface area (Å²) in [6, 6.07) is 0. The van der Waals surface area contributed by atoms with Gasteiger partial charge in [0, 0.05) is 44.7 Å². The molecule has 0 spiro atoms. The second-order valence-corrected chi connectivity index (χ2v) is 8.05. The third-order valence-electron chi connectivity index (χ3n) is 5.08. The third-order valence-corrected chi connectivity index (χ3v) is 6.02. The van der Waals surface area contributed by atoms with Gasteiger partial charge in [0.05, 0.1) is 17.5 Å². The molecule has 1 amide bonds. The van der Waals surface area contributed by atoms with E-state index in [1.807, 2.05) is 31.9 Å². The van der Waals surface area contributed by atoms with Gasteiger partial charge in [-0.05, 0) is 19.8 Å². The first-order valence-electron chi connectivity index (χ1n) is 8.91. The molecule has 4 heterocycles. The van der Waals surface area contributed by atoms with Gasteiger partial charge in [0.15, 0.2) is 5.65 Å². The van der Waals surface area contributed by atoms with Crippen molar-refractivity contribution < 1.29 is 4.79 Å². The molecule has 2 saturated heterocycles. The van der Waals surface area contributed by atoms with Crippen molar-refractivity contribution in [2.75, 3.05) is 42.6 Å². The van der Waals surface area contributed by atoms with Crippen molar-refractivity contribution in [3.8, 4) is 0 Å². The summed E-state index contributed by atoms with van der Waals surface area (Å²) < 4.78 is 1.78. The summed E-state index contributed by atoms with van der Waals surface area (Å²) in [5.74, 6) is 4.17. The minimum atomic E-state index is 0.0684. The molecule has 2 fully saturated rings. The Bertz CT molecular complexity index is 785. The van der Waals surface area contributed by atoms with Crippen LogP contribution in [-0.2, 0) is 11.8 Å². The topological polar surface area (TPSA) is 67.2 Å². The molecule has 25 heavy (non-hydrogen) atoms. The zero-order valence-corrected chi connectivity index (χ0v) is 15.6. The number of carbonyl (C=O) groups is 1. The summed E-state index contributed by atoms with van der Waals surface area (Å²) in [4.78, 5) is 26.4. The number of thioether (sulfide) groups is 1. The molecule has 0 radical (unpaired) electrons. The molecule has 0 N–H and O–H groups in total. The van der Waals surface area contributed by atoms with E-state index in [0.717, 1.165) is 73.2 Å². The van der Waals surface area contributed by atoms with Gasteiger partial charge in [0.2, 0.25) is 5.91 Å². The predicted octanol–water partition coefficient (Wildman–Crippen LogP) is 1.46. The second kappa shape index (κ2) is 6.82. The molecule has 2 aromatic heterocycles. The molecule has 4 rings (SSSR count). The van der Waals surface area contributed by atoms with Crippen LogP contribution in [0.5, 0.6) is 0 Å². The van der Waals surface area contributed by atoms with Crippen molar-refractivity contribution in [1.29, 1.82) is 0 Å². The average Bonchev–Trinajstić information content (AvgIpc) is 3.02. The zero-order chi connectivity index (χ0) is 17.4. The summed E-state index contributed by atoms with van der Waals surface area (Å²) in [6.07, 6.45) is 3.82. The lowest BCUT2D eigenvalue weighted by atomic mass is 9.96. The monoisotopic (exact) mass is 360 g/mol. The van der Waals surface area contributed by atoms with Crippen molar-refractivity contribution in [3.05, 3.63) is 12.0 Å². The van der Waals surface area contributed by atoms with Crippen LogP contribution in [0.3, 0.4) is 0 Å². The fourth-order valence-corrected chi connectivity index (χ4v) is 4.67. The van der Waals surface area contributed by atoms with Crippen LogP contribution in [0.2, 0.25) is 0 Å². The molecule has 0 bridgehead atoms. The summed E-state index contributed by atoms with van der Waals surface area (Å²) in [7, 11) is 1.90. The molecule has 2 aromatic rings. The molecule has 0 aromatic carbocycles. The van der Waals surface area contributed by atoms with Gasteiger partial charge in [-0.2, -0.15) is 16.9 Å². The molecule has 1 atom stereocenters. The van der Waals surface area contributed by atoms with Gasteiger partial charge in [-0.15, -0.1) is 0 Å². The highest BCUT2D eigenvalue weighted by atomic mass is 32.2. The Labute approximate surface area is 151 Å². The van der Waals surface area contributed by atoms with Crippen LogP contribution < -0.4 is 4.90 Å². The van der Waals surface area contributed by atoms with Crippen molar-refractivity contribution in [3.63, 3.8) is 0 Å². The summed E-state index contributed by atoms with van der Waals surface area (Å²) in [5, 5.41) is 5.30. The minimum absolute atomic E-state index is 0.0684. The Balaban J connectivity index is 1.58. The smallest absolute Gasteiger partial charge is 0.227 e. The number of hydrogen-bond acceptors (Lipinski definition) is 6. The number of rotatable bonds is 2. The number of piperidine rings is 1. The molecule has 2 aliphatic heterocycles. The van der Waals surface area contributed by atoms with Gasteiger partial charge in [-0.25, -0.2) is 9.97 Å². The third kappa shape index (κ3) is 3.19. The maximum Gasteiger partial charge on any atom is 0.227 e. The first kappa shape index (κ1) is 16.6. The van der Waals surface area contributed by atoms with E-state index in [1.54, 1.807) is 4.68 Å². The average molecular weight is 360 g/mol. The molecule has 1 unspecified atom stereocenters. The molecule has 0 saturated carbocycles. The summed E-state index contributed by atoms with van der Waals surface area (Å²) in [6.45, 7) is 5.36. The summed E-state index contributed by atoms with van der Waals surface area (Å²) in [5.41, 5.74) is 0.851. The molecular weight excluding hydrogens is 336 g/mol. The highest BCUT2D eigenvalue weighted by Gasteiger charge is 2.31. The van der Waals surface area contributed by atoms with Gasteiger partial charge < -0.3 is 9.80 Å². The van der Waals surface area contributed by atoms with Crippen LogP contribution in [-0.4, -0.2) is 68.2 Å². The van der Waals surface area contributed by atoms with E-state index in [0.29, 0.717) is 5.91 Å². The Kier molecular flexibility index (Phi) is 4.54. The predicted molar refractivity (Wildman–Crippen MR) is 99.9 cm³/mol. The van der Waals surface area contributed by atoms with Crippen molar-refractivity contribution >= 4 is 34.5 Å². The van der Waals surface area contributed by atoms with Gasteiger partial charge in [-0.3, -0.25) is 9.48 Å². The van der Waals surface area contributed by atoms with Crippen LogP contribution in [0.15, 0.2) is 6.20 Å². The van der Waals surface area contributed by atoms with Crippen LogP contribution in [0, 0.1) is 12.8 Å². The highest BCUT2D eigenvalue weighted by molar-refractivity contribution is 7.99. The van der Waals surface area contributed by atoms with Crippen LogP contribution in [0.4, 0.5) is 5.82 Å². The fourth-order valence-electron chi connectivity index (χ4n) is 3.77. The molecule has 7 nitrogen and oxygen atoms in total. The maximum absolute atomic E-state index is 12.9. The van der Waals surface area contributed by atoms with E-state index in [1.165, 1.54) is 0 Å². The number of nitrogens with zero attached hydrogens (tertiary/aromatic N) is 6. The quantitative estimate of drug-likeness (QED) is 0.808. The van der Waals surface area contributed by atoms with Gasteiger partial charge >= 0.3 is 0 Å². The van der Waals surface area contributed by atoms with E-state index in [-0.39, 0.29) is 5.92 Å². The lowest BCUT2D eigenvalue weighted by Gasteiger charge is -2.36. The Morgan fingerprint density at radius 1 is 1.24 bits per heavy atom. The summed E-state index contributed by atoms with van der Waals surface area (Å²) >= 11 is 1.93. The maximum atomic E-state index is 12.9. The Morgan fingerprint density at radius 3 is 2.84 bits per heavy atom. The van der Waals surface area contributed by atoms with E-state index >= 15 is 0 Å².